The molecular formula is C38H41N3O5. The van der Waals surface area contributed by atoms with Gasteiger partial charge in [0.25, 0.3) is 5.91 Å². The minimum atomic E-state index is -1.30. The van der Waals surface area contributed by atoms with Gasteiger partial charge >= 0.3 is 0 Å². The van der Waals surface area contributed by atoms with E-state index >= 15 is 0 Å². The van der Waals surface area contributed by atoms with Crippen molar-refractivity contribution in [3.8, 4) is 11.5 Å². The third-order valence-electron chi connectivity index (χ3n) is 7.66. The molecule has 0 saturated heterocycles. The van der Waals surface area contributed by atoms with Crippen LogP contribution >= 0.6 is 0 Å². The fourth-order valence-corrected chi connectivity index (χ4v) is 5.34. The number of ether oxygens (including phenoxy) is 3. The molecule has 8 nitrogen and oxygen atoms in total. The molecule has 0 bridgehead atoms. The molecule has 8 heteroatoms. The Kier molecular flexibility index (Phi) is 11.6. The molecule has 3 N–H and O–H groups in total. The lowest BCUT2D eigenvalue weighted by Crippen LogP contribution is -2.52. The van der Waals surface area contributed by atoms with Crippen LogP contribution in [0.3, 0.4) is 0 Å². The number of hydrazine groups is 1. The number of amides is 1. The first-order valence-electron chi connectivity index (χ1n) is 15.7. The molecule has 0 radical (unpaired) electrons. The highest BCUT2D eigenvalue weighted by Crippen LogP contribution is 2.43. The maximum atomic E-state index is 14.3. The predicted molar refractivity (Wildman–Crippen MR) is 181 cm³/mol. The second-order valence-electron chi connectivity index (χ2n) is 10.9. The molecule has 1 amide bonds. The third-order valence-corrected chi connectivity index (χ3v) is 7.66. The predicted octanol–water partition coefficient (Wildman–Crippen LogP) is 6.07. The summed E-state index contributed by atoms with van der Waals surface area (Å²) in [5.41, 5.74) is 8.46. The summed E-state index contributed by atoms with van der Waals surface area (Å²) in [4.78, 5) is 19.3. The van der Waals surface area contributed by atoms with Crippen LogP contribution in [0.1, 0.15) is 48.1 Å². The topological polar surface area (TPSA) is 101 Å². The second kappa shape index (κ2) is 16.4. The van der Waals surface area contributed by atoms with Crippen molar-refractivity contribution in [2.24, 2.45) is 4.99 Å². The van der Waals surface area contributed by atoms with Crippen molar-refractivity contribution in [3.63, 3.8) is 0 Å². The van der Waals surface area contributed by atoms with Gasteiger partial charge < -0.3 is 19.3 Å². The summed E-state index contributed by atoms with van der Waals surface area (Å²) in [6.07, 6.45) is 4.83. The zero-order valence-electron chi connectivity index (χ0n) is 26.1. The van der Waals surface area contributed by atoms with Gasteiger partial charge in [0.15, 0.2) is 11.6 Å². The summed E-state index contributed by atoms with van der Waals surface area (Å²) in [7, 11) is 0. The van der Waals surface area contributed by atoms with Crippen LogP contribution in [0.25, 0.3) is 6.08 Å². The number of aliphatic hydroxyl groups excluding tert-OH is 1. The monoisotopic (exact) mass is 619 g/mol. The summed E-state index contributed by atoms with van der Waals surface area (Å²) in [6, 6.07) is 35.0. The minimum Gasteiger partial charge on any atom is -0.494 e. The van der Waals surface area contributed by atoms with Gasteiger partial charge in [-0.25, -0.2) is 10.4 Å². The van der Waals surface area contributed by atoms with E-state index in [-0.39, 0.29) is 12.5 Å². The number of aliphatic imine (C=N–C) groups is 1. The normalized spacial score (nSPS) is 17.3. The number of benzene rings is 4. The van der Waals surface area contributed by atoms with Crippen LogP contribution in [0.15, 0.2) is 120 Å². The number of hydrogen-bond acceptors (Lipinski definition) is 7. The van der Waals surface area contributed by atoms with E-state index in [0.717, 1.165) is 28.0 Å². The molecule has 0 unspecified atom stereocenters. The molecule has 0 aliphatic carbocycles. The van der Waals surface area contributed by atoms with Crippen molar-refractivity contribution in [1.29, 1.82) is 0 Å². The number of aliphatic hydroxyl groups is 1. The molecule has 46 heavy (non-hydrogen) atoms. The van der Waals surface area contributed by atoms with Gasteiger partial charge in [0.05, 0.1) is 13.2 Å². The Balaban J connectivity index is 1.42. The van der Waals surface area contributed by atoms with E-state index in [1.807, 2.05) is 128 Å². The van der Waals surface area contributed by atoms with Gasteiger partial charge in [-0.05, 0) is 60.4 Å². The van der Waals surface area contributed by atoms with Crippen molar-refractivity contribution < 1.29 is 24.1 Å². The number of nitrogens with one attached hydrogen (secondary N) is 2. The summed E-state index contributed by atoms with van der Waals surface area (Å²) in [6.45, 7) is 3.54. The number of carbonyl (C=O) groups excluding carboxylic acids is 1. The Labute approximate surface area is 270 Å². The van der Waals surface area contributed by atoms with Gasteiger partial charge in [0.2, 0.25) is 5.90 Å². The van der Waals surface area contributed by atoms with E-state index in [1.54, 1.807) is 0 Å². The number of nitrogens with zero attached hydrogens (tertiary/aromatic N) is 1. The van der Waals surface area contributed by atoms with Crippen LogP contribution in [-0.4, -0.2) is 48.8 Å². The molecule has 2 atom stereocenters. The average molecular weight is 620 g/mol. The Bertz CT molecular complexity index is 1590. The second-order valence-corrected chi connectivity index (χ2v) is 10.9. The number of rotatable bonds is 16. The molecule has 1 aliphatic heterocycles. The summed E-state index contributed by atoms with van der Waals surface area (Å²) >= 11 is 0. The highest BCUT2D eigenvalue weighted by molar-refractivity contribution is 6.01. The quantitative estimate of drug-likeness (QED) is 0.104. The van der Waals surface area contributed by atoms with Gasteiger partial charge in [0.1, 0.15) is 11.5 Å². The van der Waals surface area contributed by atoms with Gasteiger partial charge in [-0.3, -0.25) is 10.2 Å². The molecule has 1 aliphatic rings. The van der Waals surface area contributed by atoms with Crippen molar-refractivity contribution in [1.82, 2.24) is 10.9 Å². The summed E-state index contributed by atoms with van der Waals surface area (Å²) in [5.74, 6) is 1.61. The highest BCUT2D eigenvalue weighted by Gasteiger charge is 2.52. The molecule has 0 saturated carbocycles. The number of para-hydroxylation sites is 1. The maximum Gasteiger partial charge on any atom is 0.266 e. The van der Waals surface area contributed by atoms with Crippen molar-refractivity contribution >= 4 is 17.9 Å². The molecule has 238 valence electrons. The summed E-state index contributed by atoms with van der Waals surface area (Å²) < 4.78 is 18.0. The molecule has 5 rings (SSSR count). The van der Waals surface area contributed by atoms with E-state index in [2.05, 4.69) is 10.9 Å². The first-order chi connectivity index (χ1) is 22.6. The first kappa shape index (κ1) is 32.5. The summed E-state index contributed by atoms with van der Waals surface area (Å²) in [5, 5.41) is 9.06. The molecule has 1 heterocycles. The zero-order chi connectivity index (χ0) is 32.0. The molecular weight excluding hydrogens is 578 g/mol. The Morgan fingerprint density at radius 1 is 0.935 bits per heavy atom. The Morgan fingerprint density at radius 2 is 1.65 bits per heavy atom. The van der Waals surface area contributed by atoms with Crippen LogP contribution in [0, 0.1) is 0 Å². The van der Waals surface area contributed by atoms with Gasteiger partial charge in [-0.2, -0.15) is 0 Å². The highest BCUT2D eigenvalue weighted by atomic mass is 16.5. The van der Waals surface area contributed by atoms with Gasteiger partial charge in [-0.1, -0.05) is 91.0 Å². The fourth-order valence-electron chi connectivity index (χ4n) is 5.34. The lowest BCUT2D eigenvalue weighted by molar-refractivity contribution is -0.129. The standard InChI is InChI=1S/C38H41N3O5/c1-2-44-34-19-10-9-16-30(34)24-26-39-41-37(43)38(25-11-15-29-13-5-3-6-14-29)35(31-17-7-4-8-18-31)46-36(40-38)32-20-22-33(23-21-32)45-28-12-27-42/h3-11,13-23,35,39,42H,2,12,24-28H2,1H3,(H,41,43)/b15-11+/t35-,38-/m0/s1. The fraction of sp³-hybridized carbons (Fsp3) is 0.263. The van der Waals surface area contributed by atoms with Crippen LogP contribution in [0.4, 0.5) is 0 Å². The Hall–Kier alpha value is -4.92. The van der Waals surface area contributed by atoms with E-state index in [9.17, 15) is 4.79 Å². The lowest BCUT2D eigenvalue weighted by Gasteiger charge is -2.29. The molecule has 4 aromatic carbocycles. The first-order valence-corrected chi connectivity index (χ1v) is 15.7. The molecule has 0 aromatic heterocycles. The van der Waals surface area contributed by atoms with Crippen LogP contribution < -0.4 is 20.3 Å². The van der Waals surface area contributed by atoms with Crippen LogP contribution in [0.5, 0.6) is 11.5 Å². The van der Waals surface area contributed by atoms with Gasteiger partial charge in [0, 0.05) is 31.6 Å². The maximum absolute atomic E-state index is 14.3. The lowest BCUT2D eigenvalue weighted by atomic mass is 9.84. The van der Waals surface area contributed by atoms with E-state index in [0.29, 0.717) is 50.7 Å². The number of hydrogen-bond donors (Lipinski definition) is 3. The average Bonchev–Trinajstić information content (AvgIpc) is 3.49. The molecule has 4 aromatic rings. The third kappa shape index (κ3) is 8.21. The zero-order valence-corrected chi connectivity index (χ0v) is 26.1. The number of carbonyl (C=O) groups is 1. The minimum absolute atomic E-state index is 0.0713. The van der Waals surface area contributed by atoms with Crippen LogP contribution in [0.2, 0.25) is 0 Å². The molecule has 0 fully saturated rings. The van der Waals surface area contributed by atoms with Crippen molar-refractivity contribution in [3.05, 3.63) is 138 Å². The van der Waals surface area contributed by atoms with E-state index in [1.165, 1.54) is 0 Å². The van der Waals surface area contributed by atoms with Gasteiger partial charge in [-0.15, -0.1) is 0 Å². The smallest absolute Gasteiger partial charge is 0.266 e. The largest absolute Gasteiger partial charge is 0.494 e. The molecule has 0 spiro atoms. The van der Waals surface area contributed by atoms with Crippen molar-refractivity contribution in [2.45, 2.75) is 37.8 Å². The SMILES string of the molecule is CCOc1ccccc1CCNNC(=O)[C@@]1(C/C=C/c2ccccc2)N=C(c2ccc(OCCCO)cc2)O[C@H]1c1ccccc1. The van der Waals surface area contributed by atoms with E-state index in [4.69, 9.17) is 24.3 Å². The van der Waals surface area contributed by atoms with E-state index < -0.39 is 11.6 Å². The van der Waals surface area contributed by atoms with Crippen LogP contribution in [-0.2, 0) is 16.0 Å². The van der Waals surface area contributed by atoms with Crippen molar-refractivity contribution in [2.75, 3.05) is 26.4 Å². The Morgan fingerprint density at radius 3 is 2.39 bits per heavy atom.